The number of hydrazone groups is 1. The van der Waals surface area contributed by atoms with Crippen molar-refractivity contribution < 1.29 is 14.3 Å². The topological polar surface area (TPSA) is 84.8 Å². The van der Waals surface area contributed by atoms with Gasteiger partial charge in [-0.15, -0.1) is 0 Å². The molecule has 172 valence electrons. The molecule has 0 aliphatic carbocycles. The van der Waals surface area contributed by atoms with Gasteiger partial charge in [-0.3, -0.25) is 10.2 Å². The number of amides is 1. The maximum absolute atomic E-state index is 12.3. The molecule has 0 bridgehead atoms. The summed E-state index contributed by atoms with van der Waals surface area (Å²) in [5.41, 5.74) is 6.42. The number of nitrogens with one attached hydrogen (secondary N) is 2. The van der Waals surface area contributed by atoms with Crippen molar-refractivity contribution in [3.63, 3.8) is 0 Å². The highest BCUT2D eigenvalue weighted by molar-refractivity contribution is 5.92. The third-order valence-corrected chi connectivity index (χ3v) is 5.04. The van der Waals surface area contributed by atoms with E-state index >= 15 is 0 Å². The molecule has 0 spiro atoms. The molecule has 7 nitrogen and oxygen atoms in total. The number of carbonyl (C=O) groups is 1. The lowest BCUT2D eigenvalue weighted by Crippen LogP contribution is -2.20. The van der Waals surface area contributed by atoms with Gasteiger partial charge in [0.1, 0.15) is 5.82 Å². The minimum atomic E-state index is -0.241. The first kappa shape index (κ1) is 22.8. The van der Waals surface area contributed by atoms with Gasteiger partial charge in [-0.1, -0.05) is 36.4 Å². The van der Waals surface area contributed by atoms with Crippen molar-refractivity contribution in [3.05, 3.63) is 90.0 Å². The van der Waals surface area contributed by atoms with Gasteiger partial charge in [-0.2, -0.15) is 5.10 Å². The molecule has 34 heavy (non-hydrogen) atoms. The van der Waals surface area contributed by atoms with Gasteiger partial charge in [-0.25, -0.2) is 4.98 Å². The van der Waals surface area contributed by atoms with Crippen LogP contribution in [0.15, 0.2) is 84.0 Å². The molecular formula is C27H26N4O3. The number of para-hydroxylation sites is 2. The average molecular weight is 455 g/mol. The van der Waals surface area contributed by atoms with Crippen LogP contribution < -0.4 is 20.2 Å². The van der Waals surface area contributed by atoms with E-state index in [4.69, 9.17) is 9.47 Å². The Labute approximate surface area is 198 Å². The normalized spacial score (nSPS) is 10.9. The monoisotopic (exact) mass is 454 g/mol. The maximum atomic E-state index is 12.3. The number of nitrogens with zero attached hydrogens (tertiary/aromatic N) is 2. The van der Waals surface area contributed by atoms with Crippen LogP contribution in [0, 0.1) is 6.92 Å². The molecule has 2 N–H and O–H groups in total. The number of benzene rings is 3. The Hall–Kier alpha value is -4.39. The smallest absolute Gasteiger partial charge is 0.262 e. The second-order valence-electron chi connectivity index (χ2n) is 7.55. The minimum absolute atomic E-state index is 0.128. The SMILES string of the molecule is CCOc1cc(/C=N\Nc2ccc3ccccc3n2)ccc1OCC(=O)Nc1ccccc1C. The van der Waals surface area contributed by atoms with Crippen LogP contribution in [0.4, 0.5) is 11.5 Å². The van der Waals surface area contributed by atoms with Gasteiger partial charge in [0.2, 0.25) is 0 Å². The van der Waals surface area contributed by atoms with Crippen molar-refractivity contribution in [2.75, 3.05) is 24.0 Å². The van der Waals surface area contributed by atoms with Crippen molar-refractivity contribution >= 4 is 34.5 Å². The average Bonchev–Trinajstić information content (AvgIpc) is 2.85. The molecule has 4 rings (SSSR count). The zero-order valence-corrected chi connectivity index (χ0v) is 19.1. The standard InChI is InChI=1S/C27H26N4O3/c1-3-33-25-16-20(17-28-31-26-15-13-21-9-5-7-11-23(21)29-26)12-14-24(25)34-18-27(32)30-22-10-6-4-8-19(22)2/h4-17H,3,18H2,1-2H3,(H,29,31)(H,30,32)/b28-17-. The Morgan fingerprint density at radius 3 is 2.65 bits per heavy atom. The van der Waals surface area contributed by atoms with Gasteiger partial charge in [0.15, 0.2) is 18.1 Å². The first-order chi connectivity index (χ1) is 16.6. The van der Waals surface area contributed by atoms with Crippen LogP contribution in [-0.2, 0) is 4.79 Å². The van der Waals surface area contributed by atoms with Crippen molar-refractivity contribution in [1.82, 2.24) is 4.98 Å². The number of aryl methyl sites for hydroxylation is 1. The van der Waals surface area contributed by atoms with Crippen LogP contribution >= 0.6 is 0 Å². The third kappa shape index (κ3) is 5.89. The van der Waals surface area contributed by atoms with Gasteiger partial charge in [0, 0.05) is 11.1 Å². The van der Waals surface area contributed by atoms with E-state index in [1.54, 1.807) is 12.3 Å². The molecule has 7 heteroatoms. The van der Waals surface area contributed by atoms with E-state index in [0.717, 1.165) is 27.7 Å². The number of carbonyl (C=O) groups excluding carboxylic acids is 1. The zero-order valence-electron chi connectivity index (χ0n) is 19.1. The molecule has 3 aromatic carbocycles. The number of pyridine rings is 1. The number of hydrogen-bond acceptors (Lipinski definition) is 6. The van der Waals surface area contributed by atoms with Crippen molar-refractivity contribution in [2.45, 2.75) is 13.8 Å². The van der Waals surface area contributed by atoms with E-state index in [1.807, 2.05) is 86.6 Å². The summed E-state index contributed by atoms with van der Waals surface area (Å²) in [4.78, 5) is 16.9. The van der Waals surface area contributed by atoms with Crippen LogP contribution in [-0.4, -0.2) is 30.3 Å². The Bertz CT molecular complexity index is 1320. The fraction of sp³-hybridized carbons (Fsp3) is 0.148. The first-order valence-corrected chi connectivity index (χ1v) is 11.0. The molecule has 0 saturated heterocycles. The summed E-state index contributed by atoms with van der Waals surface area (Å²) in [6.07, 6.45) is 1.67. The van der Waals surface area contributed by atoms with Gasteiger partial charge in [-0.05, 0) is 67.4 Å². The van der Waals surface area contributed by atoms with Gasteiger partial charge < -0.3 is 14.8 Å². The lowest BCUT2D eigenvalue weighted by Gasteiger charge is -2.13. The van der Waals surface area contributed by atoms with Crippen LogP contribution in [0.3, 0.4) is 0 Å². The van der Waals surface area contributed by atoms with Crippen LogP contribution in [0.25, 0.3) is 10.9 Å². The fourth-order valence-electron chi connectivity index (χ4n) is 3.34. The molecule has 1 amide bonds. The third-order valence-electron chi connectivity index (χ3n) is 5.04. The Kier molecular flexibility index (Phi) is 7.35. The summed E-state index contributed by atoms with van der Waals surface area (Å²) in [6.45, 7) is 4.17. The second kappa shape index (κ2) is 11.0. The van der Waals surface area contributed by atoms with Crippen LogP contribution in [0.2, 0.25) is 0 Å². The summed E-state index contributed by atoms with van der Waals surface area (Å²) in [6, 6.07) is 24.8. The van der Waals surface area contributed by atoms with E-state index in [1.165, 1.54) is 0 Å². The quantitative estimate of drug-likeness (QED) is 0.261. The number of rotatable bonds is 9. The van der Waals surface area contributed by atoms with Gasteiger partial charge in [0.05, 0.1) is 18.3 Å². The lowest BCUT2D eigenvalue weighted by atomic mass is 10.2. The molecule has 0 atom stereocenters. The first-order valence-electron chi connectivity index (χ1n) is 11.0. The molecule has 0 aliphatic rings. The van der Waals surface area contributed by atoms with Crippen LogP contribution in [0.5, 0.6) is 11.5 Å². The van der Waals surface area contributed by atoms with E-state index in [-0.39, 0.29) is 12.5 Å². The van der Waals surface area contributed by atoms with Gasteiger partial charge >= 0.3 is 0 Å². The Morgan fingerprint density at radius 1 is 0.971 bits per heavy atom. The highest BCUT2D eigenvalue weighted by Crippen LogP contribution is 2.28. The van der Waals surface area contributed by atoms with E-state index in [2.05, 4.69) is 20.8 Å². The number of hydrogen-bond donors (Lipinski definition) is 2. The lowest BCUT2D eigenvalue weighted by molar-refractivity contribution is -0.118. The number of aromatic nitrogens is 1. The van der Waals surface area contributed by atoms with E-state index in [0.29, 0.717) is 23.9 Å². The molecule has 0 unspecified atom stereocenters. The molecule has 0 radical (unpaired) electrons. The highest BCUT2D eigenvalue weighted by Gasteiger charge is 2.10. The summed E-state index contributed by atoms with van der Waals surface area (Å²) < 4.78 is 11.4. The fourth-order valence-corrected chi connectivity index (χ4v) is 3.34. The molecule has 0 fully saturated rings. The largest absolute Gasteiger partial charge is 0.490 e. The number of ether oxygens (including phenoxy) is 2. The summed E-state index contributed by atoms with van der Waals surface area (Å²) in [5, 5.41) is 8.21. The molecule has 0 aliphatic heterocycles. The maximum Gasteiger partial charge on any atom is 0.262 e. The Balaban J connectivity index is 1.39. The number of anilines is 2. The van der Waals surface area contributed by atoms with Crippen LogP contribution in [0.1, 0.15) is 18.1 Å². The van der Waals surface area contributed by atoms with Crippen molar-refractivity contribution in [3.8, 4) is 11.5 Å². The summed E-state index contributed by atoms with van der Waals surface area (Å²) >= 11 is 0. The molecular weight excluding hydrogens is 428 g/mol. The number of fused-ring (bicyclic) bond motifs is 1. The van der Waals surface area contributed by atoms with E-state index < -0.39 is 0 Å². The minimum Gasteiger partial charge on any atom is -0.490 e. The predicted octanol–water partition coefficient (Wildman–Crippen LogP) is 5.41. The van der Waals surface area contributed by atoms with Crippen molar-refractivity contribution in [2.24, 2.45) is 5.10 Å². The Morgan fingerprint density at radius 2 is 1.79 bits per heavy atom. The molecule has 4 aromatic rings. The van der Waals surface area contributed by atoms with Gasteiger partial charge in [0.25, 0.3) is 5.91 Å². The molecule has 0 saturated carbocycles. The second-order valence-corrected chi connectivity index (χ2v) is 7.55. The predicted molar refractivity (Wildman–Crippen MR) is 136 cm³/mol. The van der Waals surface area contributed by atoms with E-state index in [9.17, 15) is 4.79 Å². The molecule has 1 heterocycles. The zero-order chi connectivity index (χ0) is 23.8. The summed E-state index contributed by atoms with van der Waals surface area (Å²) in [5.74, 6) is 1.44. The molecule has 1 aromatic heterocycles. The van der Waals surface area contributed by atoms with Crippen molar-refractivity contribution in [1.29, 1.82) is 0 Å². The summed E-state index contributed by atoms with van der Waals surface area (Å²) in [7, 11) is 0. The highest BCUT2D eigenvalue weighted by atomic mass is 16.5.